The summed E-state index contributed by atoms with van der Waals surface area (Å²) in [4.78, 5) is 13.2. The summed E-state index contributed by atoms with van der Waals surface area (Å²) in [5.74, 6) is -0.990. The Morgan fingerprint density at radius 1 is 1.33 bits per heavy atom. The Labute approximate surface area is 128 Å². The molecule has 0 unspecified atom stereocenters. The Morgan fingerprint density at radius 3 is 2.48 bits per heavy atom. The molecular weight excluding hydrogens is 268 g/mol. The van der Waals surface area contributed by atoms with Crippen molar-refractivity contribution >= 4 is 5.97 Å². The third-order valence-corrected chi connectivity index (χ3v) is 4.72. The number of unbranched alkanes of at least 4 members (excludes halogenated alkanes) is 1. The summed E-state index contributed by atoms with van der Waals surface area (Å²) in [6, 6.07) is 0.586. The molecule has 0 heterocycles. The molecule has 124 valence electrons. The van der Waals surface area contributed by atoms with Crippen molar-refractivity contribution in [2.24, 2.45) is 5.92 Å². The molecule has 5 nitrogen and oxygen atoms in total. The number of nitrogens with zero attached hydrogens (tertiary/aromatic N) is 1. The predicted octanol–water partition coefficient (Wildman–Crippen LogP) is 1.70. The van der Waals surface area contributed by atoms with Crippen LogP contribution in [-0.2, 0) is 4.79 Å². The summed E-state index contributed by atoms with van der Waals surface area (Å²) >= 11 is 0. The minimum Gasteiger partial charge on any atom is -0.481 e. The van der Waals surface area contributed by atoms with Crippen molar-refractivity contribution in [1.29, 1.82) is 0 Å². The van der Waals surface area contributed by atoms with E-state index in [0.29, 0.717) is 38.3 Å². The van der Waals surface area contributed by atoms with Gasteiger partial charge in [-0.15, -0.1) is 0 Å². The van der Waals surface area contributed by atoms with Crippen LogP contribution in [-0.4, -0.2) is 59.4 Å². The van der Waals surface area contributed by atoms with Gasteiger partial charge in [0.1, 0.15) is 0 Å². The molecular formula is C16H32N2O3. The minimum absolute atomic E-state index is 0.267. The molecule has 1 aliphatic rings. The average molecular weight is 300 g/mol. The van der Waals surface area contributed by atoms with Gasteiger partial charge in [0, 0.05) is 12.6 Å². The maximum atomic E-state index is 10.9. The third kappa shape index (κ3) is 6.76. The number of carboxylic acid groups (broad SMARTS) is 1. The largest absolute Gasteiger partial charge is 0.481 e. The Kier molecular flexibility index (Phi) is 7.63. The second-order valence-corrected chi connectivity index (χ2v) is 6.80. The summed E-state index contributed by atoms with van der Waals surface area (Å²) < 4.78 is 0. The summed E-state index contributed by atoms with van der Waals surface area (Å²) in [6.07, 6.45) is 4.62. The number of hydrogen-bond acceptors (Lipinski definition) is 4. The van der Waals surface area contributed by atoms with Crippen LogP contribution in [0.15, 0.2) is 0 Å². The topological polar surface area (TPSA) is 72.8 Å². The van der Waals surface area contributed by atoms with Crippen molar-refractivity contribution in [1.82, 2.24) is 10.2 Å². The Bertz CT molecular complexity index is 313. The van der Waals surface area contributed by atoms with Crippen LogP contribution >= 0.6 is 0 Å². The maximum absolute atomic E-state index is 10.9. The first-order valence-corrected chi connectivity index (χ1v) is 8.20. The van der Waals surface area contributed by atoms with Crippen LogP contribution in [0.1, 0.15) is 52.4 Å². The quantitative estimate of drug-likeness (QED) is 0.565. The van der Waals surface area contributed by atoms with E-state index >= 15 is 0 Å². The highest BCUT2D eigenvalue weighted by Crippen LogP contribution is 2.31. The lowest BCUT2D eigenvalue weighted by Gasteiger charge is -2.34. The first-order valence-electron chi connectivity index (χ1n) is 8.20. The number of aliphatic carboxylic acids is 1. The zero-order valence-electron chi connectivity index (χ0n) is 13.8. The van der Waals surface area contributed by atoms with Gasteiger partial charge in [0.25, 0.3) is 0 Å². The molecule has 0 atom stereocenters. The normalized spacial score (nSPS) is 26.5. The first-order chi connectivity index (χ1) is 9.84. The van der Waals surface area contributed by atoms with Gasteiger partial charge < -0.3 is 20.4 Å². The summed E-state index contributed by atoms with van der Waals surface area (Å²) in [5, 5.41) is 22.7. The van der Waals surface area contributed by atoms with Crippen molar-refractivity contribution in [3.63, 3.8) is 0 Å². The predicted molar refractivity (Wildman–Crippen MR) is 84.4 cm³/mol. The molecule has 0 aromatic rings. The van der Waals surface area contributed by atoms with Gasteiger partial charge in [-0.3, -0.25) is 4.79 Å². The maximum Gasteiger partial charge on any atom is 0.306 e. The van der Waals surface area contributed by atoms with Crippen LogP contribution in [0.25, 0.3) is 0 Å². The van der Waals surface area contributed by atoms with E-state index in [1.807, 2.05) is 0 Å². The molecule has 0 radical (unpaired) electrons. The lowest BCUT2D eigenvalue weighted by atomic mass is 9.79. The van der Waals surface area contributed by atoms with Gasteiger partial charge in [0.15, 0.2) is 0 Å². The van der Waals surface area contributed by atoms with Crippen LogP contribution in [0.3, 0.4) is 0 Å². The van der Waals surface area contributed by atoms with Crippen molar-refractivity contribution in [2.45, 2.75) is 64.0 Å². The van der Waals surface area contributed by atoms with E-state index in [1.165, 1.54) is 0 Å². The molecule has 0 saturated heterocycles. The fourth-order valence-electron chi connectivity index (χ4n) is 2.77. The fraction of sp³-hybridized carbons (Fsp3) is 0.938. The van der Waals surface area contributed by atoms with E-state index in [-0.39, 0.29) is 5.92 Å². The summed E-state index contributed by atoms with van der Waals surface area (Å²) in [5.41, 5.74) is -0.708. The van der Waals surface area contributed by atoms with E-state index in [9.17, 15) is 9.90 Å². The highest BCUT2D eigenvalue weighted by atomic mass is 16.4. The first kappa shape index (κ1) is 18.4. The number of carbonyl (C=O) groups is 1. The zero-order chi connectivity index (χ0) is 15.9. The molecule has 1 saturated carbocycles. The van der Waals surface area contributed by atoms with Gasteiger partial charge in [0.2, 0.25) is 0 Å². The van der Waals surface area contributed by atoms with Gasteiger partial charge in [-0.1, -0.05) is 0 Å². The van der Waals surface area contributed by atoms with Gasteiger partial charge in [-0.2, -0.15) is 0 Å². The van der Waals surface area contributed by atoms with Crippen molar-refractivity contribution in [3.05, 3.63) is 0 Å². The van der Waals surface area contributed by atoms with E-state index in [1.54, 1.807) is 0 Å². The highest BCUT2D eigenvalue weighted by Gasteiger charge is 2.35. The number of rotatable bonds is 9. The molecule has 1 fully saturated rings. The molecule has 5 heteroatoms. The van der Waals surface area contributed by atoms with E-state index < -0.39 is 11.6 Å². The van der Waals surface area contributed by atoms with E-state index in [4.69, 9.17) is 5.11 Å². The van der Waals surface area contributed by atoms with Crippen molar-refractivity contribution < 1.29 is 15.0 Å². The molecule has 3 N–H and O–H groups in total. The smallest absolute Gasteiger partial charge is 0.306 e. The van der Waals surface area contributed by atoms with Gasteiger partial charge >= 0.3 is 5.97 Å². The monoisotopic (exact) mass is 300 g/mol. The standard InChI is InChI=1S/C16H32N2O3/c1-13(2)18(3)11-5-4-10-17-12-16(21)8-6-14(7-9-16)15(19)20/h13-14,17,21H,4-12H2,1-3H3,(H,19,20). The summed E-state index contributed by atoms with van der Waals surface area (Å²) in [7, 11) is 2.14. The van der Waals surface area contributed by atoms with Crippen LogP contribution in [0.2, 0.25) is 0 Å². The third-order valence-electron chi connectivity index (χ3n) is 4.72. The Hall–Kier alpha value is -0.650. The number of hydrogen-bond donors (Lipinski definition) is 3. The molecule has 1 aliphatic carbocycles. The second kappa shape index (κ2) is 8.71. The Morgan fingerprint density at radius 2 is 1.95 bits per heavy atom. The number of aliphatic hydroxyl groups is 1. The van der Waals surface area contributed by atoms with Gasteiger partial charge in [-0.05, 0) is 72.5 Å². The number of carboxylic acids is 1. The molecule has 0 aromatic heterocycles. The average Bonchev–Trinajstić information content (AvgIpc) is 2.42. The van der Waals surface area contributed by atoms with Crippen molar-refractivity contribution in [3.8, 4) is 0 Å². The lowest BCUT2D eigenvalue weighted by Crippen LogP contribution is -2.44. The van der Waals surface area contributed by atoms with E-state index in [2.05, 4.69) is 31.1 Å². The molecule has 0 aliphatic heterocycles. The molecule has 0 aromatic carbocycles. The van der Waals surface area contributed by atoms with Crippen LogP contribution in [0, 0.1) is 5.92 Å². The minimum atomic E-state index is -0.723. The molecule has 21 heavy (non-hydrogen) atoms. The van der Waals surface area contributed by atoms with Crippen LogP contribution < -0.4 is 5.32 Å². The molecule has 0 bridgehead atoms. The van der Waals surface area contributed by atoms with Crippen molar-refractivity contribution in [2.75, 3.05) is 26.7 Å². The molecule has 0 spiro atoms. The van der Waals surface area contributed by atoms with Gasteiger partial charge in [-0.25, -0.2) is 0 Å². The van der Waals surface area contributed by atoms with Gasteiger partial charge in [0.05, 0.1) is 11.5 Å². The van der Waals surface area contributed by atoms with Crippen LogP contribution in [0.4, 0.5) is 0 Å². The highest BCUT2D eigenvalue weighted by molar-refractivity contribution is 5.70. The fourth-order valence-corrected chi connectivity index (χ4v) is 2.77. The summed E-state index contributed by atoms with van der Waals surface area (Å²) in [6.45, 7) is 6.99. The molecule has 1 rings (SSSR count). The van der Waals surface area contributed by atoms with Crippen LogP contribution in [0.5, 0.6) is 0 Å². The number of nitrogens with one attached hydrogen (secondary N) is 1. The second-order valence-electron chi connectivity index (χ2n) is 6.80. The SMILES string of the molecule is CC(C)N(C)CCCCNCC1(O)CCC(C(=O)O)CC1. The zero-order valence-corrected chi connectivity index (χ0v) is 13.8. The Balaban J connectivity index is 2.09. The molecule has 0 amide bonds. The van der Waals surface area contributed by atoms with E-state index in [0.717, 1.165) is 25.9 Å². The lowest BCUT2D eigenvalue weighted by molar-refractivity contribution is -0.144.